The lowest BCUT2D eigenvalue weighted by molar-refractivity contribution is -0.121. The first-order valence-electron chi connectivity index (χ1n) is 8.30. The molecule has 1 saturated heterocycles. The fourth-order valence-electron chi connectivity index (χ4n) is 2.83. The third kappa shape index (κ3) is 4.21. The molecule has 2 aromatic heterocycles. The van der Waals surface area contributed by atoms with Crippen LogP contribution in [0.15, 0.2) is 22.2 Å². The van der Waals surface area contributed by atoms with Crippen molar-refractivity contribution >= 4 is 22.4 Å². The standard InChI is InChI=1S/C17H24N4O2S/c1-17(2,3)13-9-19-14(23-13)11-21-7-4-5-12(10-21)15(22)20-16-18-6-8-24-16/h6,8-9,12H,4-5,7,10-11H2,1-3H3,(H,18,20,22)/t12-/m1/s1. The average Bonchev–Trinajstić information content (AvgIpc) is 3.18. The van der Waals surface area contributed by atoms with Crippen LogP contribution in [0, 0.1) is 5.92 Å². The Morgan fingerprint density at radius 3 is 2.96 bits per heavy atom. The molecule has 130 valence electrons. The van der Waals surface area contributed by atoms with Crippen LogP contribution in [0.4, 0.5) is 5.13 Å². The predicted molar refractivity (Wildman–Crippen MR) is 93.9 cm³/mol. The van der Waals surface area contributed by atoms with Crippen LogP contribution in [0.5, 0.6) is 0 Å². The number of nitrogens with one attached hydrogen (secondary N) is 1. The van der Waals surface area contributed by atoms with Crippen molar-refractivity contribution in [3.63, 3.8) is 0 Å². The summed E-state index contributed by atoms with van der Waals surface area (Å²) >= 11 is 1.44. The quantitative estimate of drug-likeness (QED) is 0.918. The zero-order valence-corrected chi connectivity index (χ0v) is 15.2. The van der Waals surface area contributed by atoms with E-state index in [1.807, 2.05) is 11.6 Å². The maximum Gasteiger partial charge on any atom is 0.230 e. The normalized spacial score (nSPS) is 19.4. The lowest BCUT2D eigenvalue weighted by Gasteiger charge is -2.30. The van der Waals surface area contributed by atoms with Gasteiger partial charge in [0.2, 0.25) is 11.8 Å². The van der Waals surface area contributed by atoms with E-state index in [0.29, 0.717) is 11.7 Å². The maximum absolute atomic E-state index is 12.4. The fourth-order valence-corrected chi connectivity index (χ4v) is 3.36. The second kappa shape index (κ2) is 7.03. The number of oxazole rings is 1. The van der Waals surface area contributed by atoms with E-state index in [1.165, 1.54) is 11.3 Å². The Hall–Kier alpha value is -1.73. The van der Waals surface area contributed by atoms with Gasteiger partial charge in [-0.3, -0.25) is 9.69 Å². The lowest BCUT2D eigenvalue weighted by atomic mass is 9.94. The van der Waals surface area contributed by atoms with Crippen LogP contribution in [0.25, 0.3) is 0 Å². The minimum Gasteiger partial charge on any atom is -0.444 e. The summed E-state index contributed by atoms with van der Waals surface area (Å²) in [5.74, 6) is 1.66. The number of carbonyl (C=O) groups is 1. The van der Waals surface area contributed by atoms with E-state index in [0.717, 1.165) is 37.6 Å². The van der Waals surface area contributed by atoms with E-state index in [1.54, 1.807) is 6.20 Å². The summed E-state index contributed by atoms with van der Waals surface area (Å²) in [6.45, 7) is 8.67. The molecule has 0 aliphatic carbocycles. The van der Waals surface area contributed by atoms with Gasteiger partial charge in [0.25, 0.3) is 0 Å². The van der Waals surface area contributed by atoms with Gasteiger partial charge in [-0.2, -0.15) is 0 Å². The number of likely N-dealkylation sites (tertiary alicyclic amines) is 1. The minimum atomic E-state index is -0.0384. The molecule has 1 fully saturated rings. The van der Waals surface area contributed by atoms with E-state index in [-0.39, 0.29) is 17.2 Å². The van der Waals surface area contributed by atoms with Crippen molar-refractivity contribution in [2.75, 3.05) is 18.4 Å². The summed E-state index contributed by atoms with van der Waals surface area (Å²) in [6.07, 6.45) is 5.42. The number of piperidine rings is 1. The third-order valence-corrected chi connectivity index (χ3v) is 4.88. The fraction of sp³-hybridized carbons (Fsp3) is 0.588. The highest BCUT2D eigenvalue weighted by Crippen LogP contribution is 2.25. The number of rotatable bonds is 4. The summed E-state index contributed by atoms with van der Waals surface area (Å²) in [7, 11) is 0. The number of nitrogens with zero attached hydrogens (tertiary/aromatic N) is 3. The largest absolute Gasteiger partial charge is 0.444 e. The molecule has 3 heterocycles. The van der Waals surface area contributed by atoms with Crippen LogP contribution < -0.4 is 5.32 Å². The summed E-state index contributed by atoms with van der Waals surface area (Å²) in [4.78, 5) is 23.1. The Balaban J connectivity index is 1.57. The first-order valence-corrected chi connectivity index (χ1v) is 9.17. The van der Waals surface area contributed by atoms with Crippen molar-refractivity contribution in [3.8, 4) is 0 Å². The number of carbonyl (C=O) groups excluding carboxylic acids is 1. The van der Waals surface area contributed by atoms with E-state index >= 15 is 0 Å². The highest BCUT2D eigenvalue weighted by molar-refractivity contribution is 7.13. The zero-order chi connectivity index (χ0) is 17.2. The molecule has 0 saturated carbocycles. The van der Waals surface area contributed by atoms with Crippen molar-refractivity contribution in [1.29, 1.82) is 0 Å². The number of thiazole rings is 1. The van der Waals surface area contributed by atoms with Gasteiger partial charge >= 0.3 is 0 Å². The van der Waals surface area contributed by atoms with E-state index in [9.17, 15) is 4.79 Å². The maximum atomic E-state index is 12.4. The van der Waals surface area contributed by atoms with Gasteiger partial charge in [0.05, 0.1) is 18.7 Å². The lowest BCUT2D eigenvalue weighted by Crippen LogP contribution is -2.40. The van der Waals surface area contributed by atoms with Crippen LogP contribution in [-0.4, -0.2) is 33.9 Å². The van der Waals surface area contributed by atoms with Crippen molar-refractivity contribution in [2.45, 2.75) is 45.6 Å². The number of anilines is 1. The van der Waals surface area contributed by atoms with Gasteiger partial charge in [0.15, 0.2) is 5.13 Å². The second-order valence-corrected chi connectivity index (χ2v) is 8.16. The Bertz CT molecular complexity index is 675. The predicted octanol–water partition coefficient (Wildman–Crippen LogP) is 3.28. The molecule has 1 N–H and O–H groups in total. The summed E-state index contributed by atoms with van der Waals surface area (Å²) < 4.78 is 5.87. The van der Waals surface area contributed by atoms with Gasteiger partial charge in [0.1, 0.15) is 5.76 Å². The molecule has 1 aliphatic rings. The van der Waals surface area contributed by atoms with Crippen LogP contribution >= 0.6 is 11.3 Å². The van der Waals surface area contributed by atoms with E-state index in [4.69, 9.17) is 4.42 Å². The number of hydrogen-bond acceptors (Lipinski definition) is 6. The molecule has 0 unspecified atom stereocenters. The van der Waals surface area contributed by atoms with Crippen molar-refractivity contribution < 1.29 is 9.21 Å². The Morgan fingerprint density at radius 2 is 2.29 bits per heavy atom. The smallest absolute Gasteiger partial charge is 0.230 e. The van der Waals surface area contributed by atoms with Crippen LogP contribution in [0.2, 0.25) is 0 Å². The van der Waals surface area contributed by atoms with E-state index in [2.05, 4.69) is 41.0 Å². The topological polar surface area (TPSA) is 71.3 Å². The van der Waals surface area contributed by atoms with Gasteiger partial charge in [-0.25, -0.2) is 9.97 Å². The SMILES string of the molecule is CC(C)(C)c1cnc(CN2CCC[C@@H](C(=O)Nc3nccs3)C2)o1. The zero-order valence-electron chi connectivity index (χ0n) is 14.4. The van der Waals surface area contributed by atoms with E-state index < -0.39 is 0 Å². The molecule has 24 heavy (non-hydrogen) atoms. The van der Waals surface area contributed by atoms with Crippen LogP contribution in [0.3, 0.4) is 0 Å². The highest BCUT2D eigenvalue weighted by atomic mass is 32.1. The first-order chi connectivity index (χ1) is 11.4. The molecule has 0 aromatic carbocycles. The Labute approximate surface area is 146 Å². The van der Waals surface area contributed by atoms with Crippen LogP contribution in [0.1, 0.15) is 45.3 Å². The summed E-state index contributed by atoms with van der Waals surface area (Å²) in [5, 5.41) is 5.43. The van der Waals surface area contributed by atoms with Crippen molar-refractivity contribution in [3.05, 3.63) is 29.4 Å². The van der Waals surface area contributed by atoms with Gasteiger partial charge in [-0.15, -0.1) is 11.3 Å². The molecular weight excluding hydrogens is 324 g/mol. The molecule has 0 bridgehead atoms. The molecule has 6 nitrogen and oxygen atoms in total. The number of hydrogen-bond donors (Lipinski definition) is 1. The first kappa shape index (κ1) is 17.1. The van der Waals surface area contributed by atoms with Gasteiger partial charge < -0.3 is 9.73 Å². The Morgan fingerprint density at radius 1 is 1.46 bits per heavy atom. The molecule has 0 spiro atoms. The monoisotopic (exact) mass is 348 g/mol. The number of aromatic nitrogens is 2. The van der Waals surface area contributed by atoms with Gasteiger partial charge in [-0.05, 0) is 19.4 Å². The van der Waals surface area contributed by atoms with Gasteiger partial charge in [0, 0.05) is 23.5 Å². The van der Waals surface area contributed by atoms with Crippen molar-refractivity contribution in [2.24, 2.45) is 5.92 Å². The Kier molecular flexibility index (Phi) is 5.01. The summed E-state index contributed by atoms with van der Waals surface area (Å²) in [6, 6.07) is 0. The molecule has 3 rings (SSSR count). The molecule has 1 atom stereocenters. The van der Waals surface area contributed by atoms with Crippen LogP contribution in [-0.2, 0) is 16.8 Å². The average molecular weight is 348 g/mol. The molecule has 1 amide bonds. The molecule has 2 aromatic rings. The highest BCUT2D eigenvalue weighted by Gasteiger charge is 2.27. The molecule has 7 heteroatoms. The molecular formula is C17H24N4O2S. The minimum absolute atomic E-state index is 0.0142. The molecule has 0 radical (unpaired) electrons. The number of amides is 1. The molecule has 1 aliphatic heterocycles. The van der Waals surface area contributed by atoms with Gasteiger partial charge in [-0.1, -0.05) is 20.8 Å². The second-order valence-electron chi connectivity index (χ2n) is 7.27. The van der Waals surface area contributed by atoms with Crippen molar-refractivity contribution in [1.82, 2.24) is 14.9 Å². The summed E-state index contributed by atoms with van der Waals surface area (Å²) in [5.41, 5.74) is -0.0384. The third-order valence-electron chi connectivity index (χ3n) is 4.19.